The van der Waals surface area contributed by atoms with Gasteiger partial charge < -0.3 is 9.09 Å². The summed E-state index contributed by atoms with van der Waals surface area (Å²) in [6.45, 7) is 6.05. The number of nitrogens with zero attached hydrogens (tertiary/aromatic N) is 3. The highest BCUT2D eigenvalue weighted by molar-refractivity contribution is 5.97. The van der Waals surface area contributed by atoms with E-state index in [4.69, 9.17) is 4.52 Å². The van der Waals surface area contributed by atoms with Crippen LogP contribution >= 0.6 is 0 Å². The molecule has 90 valence electrons. The monoisotopic (exact) mass is 233 g/mol. The molecule has 0 atom stereocenters. The molecule has 2 aromatic rings. The van der Waals surface area contributed by atoms with Crippen LogP contribution in [0.5, 0.6) is 0 Å². The summed E-state index contributed by atoms with van der Waals surface area (Å²) < 4.78 is 6.88. The molecule has 2 rings (SSSR count). The molecule has 17 heavy (non-hydrogen) atoms. The summed E-state index contributed by atoms with van der Waals surface area (Å²) >= 11 is 0. The van der Waals surface area contributed by atoms with E-state index in [1.54, 1.807) is 6.92 Å². The molecule has 2 heterocycles. The van der Waals surface area contributed by atoms with Crippen LogP contribution in [0.25, 0.3) is 0 Å². The highest BCUT2D eigenvalue weighted by atomic mass is 16.5. The predicted molar refractivity (Wildman–Crippen MR) is 61.7 cm³/mol. The highest BCUT2D eigenvalue weighted by Crippen LogP contribution is 2.10. The van der Waals surface area contributed by atoms with Crippen LogP contribution in [0, 0.1) is 12.8 Å². The van der Waals surface area contributed by atoms with Crippen LogP contribution in [0.3, 0.4) is 0 Å². The van der Waals surface area contributed by atoms with Crippen LogP contribution in [0.4, 0.5) is 0 Å². The molecule has 0 saturated heterocycles. The number of aromatic nitrogens is 3. The van der Waals surface area contributed by atoms with Crippen molar-refractivity contribution in [3.05, 3.63) is 35.7 Å². The van der Waals surface area contributed by atoms with Crippen LogP contribution in [0.15, 0.2) is 23.0 Å². The molecule has 5 heteroatoms. The smallest absolute Gasteiger partial charge is 0.246 e. The normalized spacial score (nSPS) is 11.1. The molecule has 0 saturated carbocycles. The zero-order chi connectivity index (χ0) is 12.4. The first-order valence-corrected chi connectivity index (χ1v) is 5.55. The molecular weight excluding hydrogens is 218 g/mol. The van der Waals surface area contributed by atoms with Crippen molar-refractivity contribution < 1.29 is 9.32 Å². The van der Waals surface area contributed by atoms with E-state index in [9.17, 15) is 4.79 Å². The summed E-state index contributed by atoms with van der Waals surface area (Å²) in [6, 6.07) is 1.81. The number of rotatable bonds is 4. The van der Waals surface area contributed by atoms with E-state index < -0.39 is 0 Å². The van der Waals surface area contributed by atoms with E-state index in [0.717, 1.165) is 5.56 Å². The molecule has 0 fully saturated rings. The molecule has 5 nitrogen and oxygen atoms in total. The lowest BCUT2D eigenvalue weighted by Gasteiger charge is -2.00. The summed E-state index contributed by atoms with van der Waals surface area (Å²) in [5.74, 6) is 1.31. The molecule has 0 aromatic carbocycles. The molecule has 0 spiro atoms. The first kappa shape index (κ1) is 11.6. The number of carbonyl (C=O) groups excluding carboxylic acids is 1. The molecule has 0 aliphatic rings. The zero-order valence-electron chi connectivity index (χ0n) is 10.2. The number of aryl methyl sites for hydroxylation is 1. The van der Waals surface area contributed by atoms with E-state index in [-0.39, 0.29) is 11.7 Å². The maximum atomic E-state index is 11.7. The summed E-state index contributed by atoms with van der Waals surface area (Å²) in [5.41, 5.74) is 0.719. The quantitative estimate of drug-likeness (QED) is 0.758. The average molecular weight is 233 g/mol. The maximum absolute atomic E-state index is 11.7. The van der Waals surface area contributed by atoms with Crippen LogP contribution in [-0.4, -0.2) is 20.5 Å². The van der Waals surface area contributed by atoms with Crippen molar-refractivity contribution in [3.8, 4) is 0 Å². The third-order valence-electron chi connectivity index (χ3n) is 2.45. The van der Waals surface area contributed by atoms with Crippen molar-refractivity contribution in [2.75, 3.05) is 0 Å². The van der Waals surface area contributed by atoms with Gasteiger partial charge in [0.1, 0.15) is 6.54 Å². The number of Topliss-reactive ketones (excluding diaryl/α,β-unsaturated/α-hetero) is 1. The third kappa shape index (κ3) is 2.61. The van der Waals surface area contributed by atoms with Gasteiger partial charge in [-0.1, -0.05) is 19.0 Å². The molecule has 0 unspecified atom stereocenters. The Hall–Kier alpha value is -1.91. The van der Waals surface area contributed by atoms with Gasteiger partial charge in [-0.15, -0.1) is 0 Å². The summed E-state index contributed by atoms with van der Waals surface area (Å²) in [6.07, 6.45) is 3.65. The lowest BCUT2D eigenvalue weighted by Crippen LogP contribution is -2.06. The van der Waals surface area contributed by atoms with E-state index in [1.807, 2.05) is 36.9 Å². The van der Waals surface area contributed by atoms with E-state index in [0.29, 0.717) is 18.3 Å². The van der Waals surface area contributed by atoms with Crippen molar-refractivity contribution >= 4 is 5.78 Å². The van der Waals surface area contributed by atoms with Gasteiger partial charge in [-0.05, 0) is 13.0 Å². The summed E-state index contributed by atoms with van der Waals surface area (Å²) in [4.78, 5) is 15.9. The Kier molecular flexibility index (Phi) is 3.08. The van der Waals surface area contributed by atoms with Gasteiger partial charge in [0.25, 0.3) is 0 Å². The van der Waals surface area contributed by atoms with Crippen molar-refractivity contribution in [1.29, 1.82) is 0 Å². The van der Waals surface area contributed by atoms with Gasteiger partial charge in [0.05, 0.1) is 0 Å². The summed E-state index contributed by atoms with van der Waals surface area (Å²) in [5, 5.41) is 3.72. The lowest BCUT2D eigenvalue weighted by atomic mass is 10.0. The second kappa shape index (κ2) is 4.53. The Morgan fingerprint density at radius 1 is 1.53 bits per heavy atom. The van der Waals surface area contributed by atoms with Gasteiger partial charge in [0, 0.05) is 23.9 Å². The van der Waals surface area contributed by atoms with Gasteiger partial charge in [0.15, 0.2) is 11.6 Å². The van der Waals surface area contributed by atoms with Crippen molar-refractivity contribution in [3.63, 3.8) is 0 Å². The Balaban J connectivity index is 2.11. The third-order valence-corrected chi connectivity index (χ3v) is 2.45. The van der Waals surface area contributed by atoms with Crippen LogP contribution in [-0.2, 0) is 6.54 Å². The first-order valence-electron chi connectivity index (χ1n) is 5.55. The largest absolute Gasteiger partial charge is 0.344 e. The molecule has 2 aromatic heterocycles. The van der Waals surface area contributed by atoms with Crippen LogP contribution in [0.2, 0.25) is 0 Å². The number of carbonyl (C=O) groups is 1. The Morgan fingerprint density at radius 2 is 2.29 bits per heavy atom. The fourth-order valence-corrected chi connectivity index (χ4v) is 1.58. The van der Waals surface area contributed by atoms with Gasteiger partial charge in [-0.25, -0.2) is 0 Å². The van der Waals surface area contributed by atoms with Gasteiger partial charge in [-0.2, -0.15) is 4.98 Å². The topological polar surface area (TPSA) is 60.9 Å². The minimum atomic E-state index is 0.0106. The van der Waals surface area contributed by atoms with E-state index in [2.05, 4.69) is 10.1 Å². The standard InChI is InChI=1S/C12H15N3O2/c1-8(2)12(16)10-4-5-15(6-10)7-11-13-9(3)14-17-11/h4-6,8H,7H2,1-3H3. The molecule has 0 amide bonds. The fourth-order valence-electron chi connectivity index (χ4n) is 1.58. The molecule has 0 aliphatic heterocycles. The van der Waals surface area contributed by atoms with Crippen LogP contribution < -0.4 is 0 Å². The predicted octanol–water partition coefficient (Wildman–Crippen LogP) is 2.07. The number of hydrogen-bond acceptors (Lipinski definition) is 4. The van der Waals surface area contributed by atoms with E-state index in [1.165, 1.54) is 0 Å². The second-order valence-electron chi connectivity index (χ2n) is 4.33. The van der Waals surface area contributed by atoms with Gasteiger partial charge in [0.2, 0.25) is 5.89 Å². The Bertz CT molecular complexity index is 525. The molecular formula is C12H15N3O2. The Morgan fingerprint density at radius 3 is 2.88 bits per heavy atom. The Labute approximate surface area is 99.4 Å². The van der Waals surface area contributed by atoms with E-state index >= 15 is 0 Å². The van der Waals surface area contributed by atoms with Crippen LogP contribution in [0.1, 0.15) is 35.9 Å². The zero-order valence-corrected chi connectivity index (χ0v) is 10.2. The van der Waals surface area contributed by atoms with Gasteiger partial charge >= 0.3 is 0 Å². The molecule has 0 radical (unpaired) electrons. The average Bonchev–Trinajstić information content (AvgIpc) is 2.87. The lowest BCUT2D eigenvalue weighted by molar-refractivity contribution is 0.0939. The number of ketones is 1. The fraction of sp³-hybridized carbons (Fsp3) is 0.417. The van der Waals surface area contributed by atoms with Crippen molar-refractivity contribution in [1.82, 2.24) is 14.7 Å². The highest BCUT2D eigenvalue weighted by Gasteiger charge is 2.12. The minimum Gasteiger partial charge on any atom is -0.344 e. The van der Waals surface area contributed by atoms with Crippen molar-refractivity contribution in [2.24, 2.45) is 5.92 Å². The number of hydrogen-bond donors (Lipinski definition) is 0. The molecule has 0 N–H and O–H groups in total. The SMILES string of the molecule is Cc1noc(Cn2ccc(C(=O)C(C)C)c2)n1. The van der Waals surface area contributed by atoms with Gasteiger partial charge in [-0.3, -0.25) is 4.79 Å². The minimum absolute atomic E-state index is 0.0106. The maximum Gasteiger partial charge on any atom is 0.246 e. The molecule has 0 aliphatic carbocycles. The summed E-state index contributed by atoms with van der Waals surface area (Å²) in [7, 11) is 0. The van der Waals surface area contributed by atoms with Crippen molar-refractivity contribution in [2.45, 2.75) is 27.3 Å². The molecule has 0 bridgehead atoms. The second-order valence-corrected chi connectivity index (χ2v) is 4.33. The first-order chi connectivity index (χ1) is 8.06.